The number of nitrogens with zero attached hydrogens (tertiary/aromatic N) is 1. The van der Waals surface area contributed by atoms with E-state index >= 15 is 0 Å². The van der Waals surface area contributed by atoms with Gasteiger partial charge in [0.25, 0.3) is 0 Å². The summed E-state index contributed by atoms with van der Waals surface area (Å²) in [6.07, 6.45) is 5.01. The molecule has 0 aromatic carbocycles. The normalized spacial score (nSPS) is 28.9. The molecule has 86 valence electrons. The Morgan fingerprint density at radius 1 is 1.33 bits per heavy atom. The highest BCUT2D eigenvalue weighted by atomic mass is 16.5. The number of ether oxygens (including phenoxy) is 1. The summed E-state index contributed by atoms with van der Waals surface area (Å²) in [5.41, 5.74) is 0. The number of hydrogen-bond donors (Lipinski definition) is 0. The van der Waals surface area contributed by atoms with Gasteiger partial charge in [-0.3, -0.25) is 4.79 Å². The van der Waals surface area contributed by atoms with E-state index in [1.165, 1.54) is 12.8 Å². The molecule has 15 heavy (non-hydrogen) atoms. The van der Waals surface area contributed by atoms with Crippen LogP contribution in [-0.2, 0) is 9.53 Å². The van der Waals surface area contributed by atoms with Gasteiger partial charge in [-0.2, -0.15) is 0 Å². The molecule has 0 bridgehead atoms. The molecule has 1 saturated heterocycles. The molecule has 1 aliphatic carbocycles. The lowest BCUT2D eigenvalue weighted by molar-refractivity contribution is -0.117. The zero-order valence-electron chi connectivity index (χ0n) is 9.58. The zero-order valence-corrected chi connectivity index (χ0v) is 9.58. The average Bonchev–Trinajstić information content (AvgIpc) is 2.66. The second kappa shape index (κ2) is 5.08. The summed E-state index contributed by atoms with van der Waals surface area (Å²) in [7, 11) is 2.17. The Hall–Kier alpha value is -0.410. The van der Waals surface area contributed by atoms with Crippen LogP contribution in [0.1, 0.15) is 32.1 Å². The van der Waals surface area contributed by atoms with E-state index in [4.69, 9.17) is 4.74 Å². The van der Waals surface area contributed by atoms with Gasteiger partial charge in [0.15, 0.2) is 0 Å². The number of Topliss-reactive ketones (excluding diaryl/α,β-unsaturated/α-hetero) is 1. The second-order valence-electron chi connectivity index (χ2n) is 4.93. The first-order valence-electron chi connectivity index (χ1n) is 6.05. The van der Waals surface area contributed by atoms with Crippen molar-refractivity contribution in [2.45, 2.75) is 38.1 Å². The van der Waals surface area contributed by atoms with Crippen molar-refractivity contribution < 1.29 is 9.53 Å². The smallest absolute Gasteiger partial charge is 0.134 e. The topological polar surface area (TPSA) is 29.5 Å². The van der Waals surface area contributed by atoms with Gasteiger partial charge in [0.1, 0.15) is 5.78 Å². The van der Waals surface area contributed by atoms with Gasteiger partial charge in [0.05, 0.1) is 0 Å². The zero-order chi connectivity index (χ0) is 10.7. The van der Waals surface area contributed by atoms with Crippen molar-refractivity contribution in [1.29, 1.82) is 0 Å². The molecule has 0 amide bonds. The highest BCUT2D eigenvalue weighted by Gasteiger charge is 2.27. The van der Waals surface area contributed by atoms with Crippen molar-refractivity contribution in [3.05, 3.63) is 0 Å². The Kier molecular flexibility index (Phi) is 3.76. The van der Waals surface area contributed by atoms with Crippen LogP contribution in [0, 0.1) is 5.92 Å². The first-order valence-corrected chi connectivity index (χ1v) is 6.05. The summed E-state index contributed by atoms with van der Waals surface area (Å²) in [5, 5.41) is 0. The Morgan fingerprint density at radius 2 is 2.07 bits per heavy atom. The van der Waals surface area contributed by atoms with Crippen molar-refractivity contribution in [2.24, 2.45) is 5.92 Å². The minimum atomic E-state index is 0.443. The maximum atomic E-state index is 11.2. The van der Waals surface area contributed by atoms with Crippen LogP contribution in [0.5, 0.6) is 0 Å². The molecule has 0 N–H and O–H groups in total. The van der Waals surface area contributed by atoms with Crippen LogP contribution in [-0.4, -0.2) is 43.5 Å². The third-order valence-electron chi connectivity index (χ3n) is 3.73. The molecule has 0 spiro atoms. The maximum absolute atomic E-state index is 11.2. The molecule has 2 rings (SSSR count). The molecule has 3 nitrogen and oxygen atoms in total. The van der Waals surface area contributed by atoms with Crippen LogP contribution in [0.25, 0.3) is 0 Å². The first kappa shape index (κ1) is 11.1. The highest BCUT2D eigenvalue weighted by molar-refractivity contribution is 5.81. The van der Waals surface area contributed by atoms with Gasteiger partial charge in [-0.1, -0.05) is 0 Å². The van der Waals surface area contributed by atoms with Gasteiger partial charge < -0.3 is 9.64 Å². The first-order chi connectivity index (χ1) is 7.25. The monoisotopic (exact) mass is 211 g/mol. The summed E-state index contributed by atoms with van der Waals surface area (Å²) in [6, 6.07) is 0.514. The standard InChI is InChI=1S/C12H21NO2/c1-13(11-2-3-12(14)8-11)9-10-4-6-15-7-5-10/h10-11H,2-9H2,1H3. The number of carbonyl (C=O) groups is 1. The van der Waals surface area contributed by atoms with Crippen molar-refractivity contribution in [3.63, 3.8) is 0 Å². The molecule has 2 fully saturated rings. The maximum Gasteiger partial charge on any atom is 0.134 e. The molecule has 0 aromatic rings. The second-order valence-corrected chi connectivity index (χ2v) is 4.93. The van der Waals surface area contributed by atoms with Crippen molar-refractivity contribution in [1.82, 2.24) is 4.90 Å². The lowest BCUT2D eigenvalue weighted by atomic mass is 9.99. The van der Waals surface area contributed by atoms with Gasteiger partial charge in [-0.05, 0) is 32.2 Å². The van der Waals surface area contributed by atoms with E-state index in [-0.39, 0.29) is 0 Å². The average molecular weight is 211 g/mol. The molecule has 1 saturated carbocycles. The van der Waals surface area contributed by atoms with Crippen molar-refractivity contribution >= 4 is 5.78 Å². The lowest BCUT2D eigenvalue weighted by Crippen LogP contribution is -2.36. The number of ketones is 1. The van der Waals surface area contributed by atoms with Crippen LogP contribution < -0.4 is 0 Å². The molecule has 2 aliphatic rings. The number of carbonyl (C=O) groups excluding carboxylic acids is 1. The number of hydrogen-bond acceptors (Lipinski definition) is 3. The van der Waals surface area contributed by atoms with Crippen LogP contribution >= 0.6 is 0 Å². The Balaban J connectivity index is 1.75. The van der Waals surface area contributed by atoms with Crippen LogP contribution in [0.4, 0.5) is 0 Å². The van der Waals surface area contributed by atoms with Crippen LogP contribution in [0.2, 0.25) is 0 Å². The van der Waals surface area contributed by atoms with Gasteiger partial charge in [-0.25, -0.2) is 0 Å². The predicted molar refractivity (Wildman–Crippen MR) is 58.8 cm³/mol. The minimum absolute atomic E-state index is 0.443. The van der Waals surface area contributed by atoms with E-state index in [9.17, 15) is 4.79 Å². The summed E-state index contributed by atoms with van der Waals surface area (Å²) in [6.45, 7) is 2.98. The van der Waals surface area contributed by atoms with Crippen molar-refractivity contribution in [3.8, 4) is 0 Å². The summed E-state index contributed by atoms with van der Waals surface area (Å²) in [5.74, 6) is 1.22. The highest BCUT2D eigenvalue weighted by Crippen LogP contribution is 2.23. The van der Waals surface area contributed by atoms with Gasteiger partial charge in [0.2, 0.25) is 0 Å². The molecule has 0 aromatic heterocycles. The van der Waals surface area contributed by atoms with Gasteiger partial charge in [-0.15, -0.1) is 0 Å². The van der Waals surface area contributed by atoms with Crippen LogP contribution in [0.3, 0.4) is 0 Å². The summed E-state index contributed by atoms with van der Waals surface area (Å²) < 4.78 is 5.35. The quantitative estimate of drug-likeness (QED) is 0.708. The fraction of sp³-hybridized carbons (Fsp3) is 0.917. The third-order valence-corrected chi connectivity index (χ3v) is 3.73. The molecular weight excluding hydrogens is 190 g/mol. The fourth-order valence-electron chi connectivity index (χ4n) is 2.66. The third kappa shape index (κ3) is 3.02. The predicted octanol–water partition coefficient (Wildman–Crippen LogP) is 1.47. The van der Waals surface area contributed by atoms with E-state index in [1.54, 1.807) is 0 Å². The van der Waals surface area contributed by atoms with E-state index in [0.717, 1.165) is 44.9 Å². The Labute approximate surface area is 91.8 Å². The van der Waals surface area contributed by atoms with E-state index in [0.29, 0.717) is 11.8 Å². The summed E-state index contributed by atoms with van der Waals surface area (Å²) in [4.78, 5) is 13.6. The molecule has 1 atom stereocenters. The molecular formula is C12H21NO2. The summed E-state index contributed by atoms with van der Waals surface area (Å²) >= 11 is 0. The largest absolute Gasteiger partial charge is 0.381 e. The molecule has 1 heterocycles. The van der Waals surface area contributed by atoms with Crippen molar-refractivity contribution in [2.75, 3.05) is 26.8 Å². The van der Waals surface area contributed by atoms with E-state index in [1.807, 2.05) is 0 Å². The van der Waals surface area contributed by atoms with E-state index < -0.39 is 0 Å². The molecule has 1 aliphatic heterocycles. The minimum Gasteiger partial charge on any atom is -0.381 e. The molecule has 3 heteroatoms. The van der Waals surface area contributed by atoms with E-state index in [2.05, 4.69) is 11.9 Å². The van der Waals surface area contributed by atoms with Crippen LogP contribution in [0.15, 0.2) is 0 Å². The van der Waals surface area contributed by atoms with Gasteiger partial charge in [0, 0.05) is 38.6 Å². The molecule has 1 unspecified atom stereocenters. The lowest BCUT2D eigenvalue weighted by Gasteiger charge is -2.30. The Bertz CT molecular complexity index is 224. The number of rotatable bonds is 3. The SMILES string of the molecule is CN(CC1CCOCC1)C1CCC(=O)C1. The Morgan fingerprint density at radius 3 is 2.67 bits per heavy atom. The molecule has 0 radical (unpaired) electrons. The fourth-order valence-corrected chi connectivity index (χ4v) is 2.66. The van der Waals surface area contributed by atoms with Gasteiger partial charge >= 0.3 is 0 Å².